The summed E-state index contributed by atoms with van der Waals surface area (Å²) in [5, 5.41) is 2.68. The third kappa shape index (κ3) is 6.50. The Morgan fingerprint density at radius 1 is 1.20 bits per heavy atom. The Morgan fingerprint density at radius 3 is 2.57 bits per heavy atom. The Kier molecular flexibility index (Phi) is 8.25. The number of benzene rings is 1. The highest BCUT2D eigenvalue weighted by molar-refractivity contribution is 6.05. The van der Waals surface area contributed by atoms with Crippen LogP contribution in [0.15, 0.2) is 36.5 Å². The molecule has 0 fully saturated rings. The number of nitrogens with zero attached hydrogens (tertiary/aromatic N) is 1. The molecule has 10 heteroatoms. The molecule has 0 aliphatic carbocycles. The van der Waals surface area contributed by atoms with Crippen molar-refractivity contribution in [2.45, 2.75) is 32.1 Å². The van der Waals surface area contributed by atoms with E-state index in [0.717, 1.165) is 25.1 Å². The van der Waals surface area contributed by atoms with E-state index in [1.807, 2.05) is 6.92 Å². The van der Waals surface area contributed by atoms with Gasteiger partial charge in [-0.2, -0.15) is 8.78 Å². The monoisotopic (exact) mass is 430 g/mol. The number of carbonyl (C=O) groups excluding carboxylic acids is 1. The zero-order chi connectivity index (χ0) is 22.1. The average molecular weight is 430 g/mol. The molecule has 0 saturated carbocycles. The first-order chi connectivity index (χ1) is 14.3. The molecule has 1 aromatic heterocycles. The molecule has 0 aliphatic rings. The van der Waals surface area contributed by atoms with Crippen LogP contribution >= 0.6 is 0 Å². The second-order valence-electron chi connectivity index (χ2n) is 6.25. The number of aromatic nitrogens is 1. The summed E-state index contributed by atoms with van der Waals surface area (Å²) in [5.41, 5.74) is 0.484. The molecule has 0 aliphatic heterocycles. The van der Waals surface area contributed by atoms with Crippen molar-refractivity contribution in [1.82, 2.24) is 4.98 Å². The first-order valence-electron chi connectivity index (χ1n) is 9.14. The summed E-state index contributed by atoms with van der Waals surface area (Å²) in [4.78, 5) is 16.2. The third-order valence-electron chi connectivity index (χ3n) is 3.92. The minimum absolute atomic E-state index is 0.102. The van der Waals surface area contributed by atoms with Crippen LogP contribution in [0.4, 0.5) is 23.2 Å². The Morgan fingerprint density at radius 2 is 1.97 bits per heavy atom. The second-order valence-corrected chi connectivity index (χ2v) is 6.25. The van der Waals surface area contributed by atoms with Gasteiger partial charge in [-0.3, -0.25) is 4.79 Å². The topological polar surface area (TPSA) is 69.7 Å². The van der Waals surface area contributed by atoms with E-state index in [9.17, 15) is 22.4 Å². The van der Waals surface area contributed by atoms with E-state index >= 15 is 0 Å². The molecule has 2 rings (SSSR count). The van der Waals surface area contributed by atoms with Crippen molar-refractivity contribution in [2.75, 3.05) is 25.6 Å². The highest BCUT2D eigenvalue weighted by atomic mass is 19.3. The van der Waals surface area contributed by atoms with Crippen LogP contribution in [0.5, 0.6) is 17.4 Å². The number of hydrogen-bond acceptors (Lipinski definition) is 5. The maximum absolute atomic E-state index is 12.9. The van der Waals surface area contributed by atoms with Crippen molar-refractivity contribution < 1.29 is 36.6 Å². The Balaban J connectivity index is 2.06. The summed E-state index contributed by atoms with van der Waals surface area (Å²) in [6, 6.07) is 7.37. The Hall–Kier alpha value is -3.04. The number of nitrogens with one attached hydrogen (secondary N) is 1. The predicted molar refractivity (Wildman–Crippen MR) is 102 cm³/mol. The molecule has 1 aromatic carbocycles. The number of pyridine rings is 1. The van der Waals surface area contributed by atoms with Gasteiger partial charge in [-0.1, -0.05) is 13.3 Å². The number of anilines is 1. The number of methoxy groups -OCH3 is 1. The predicted octanol–water partition coefficient (Wildman–Crippen LogP) is 4.80. The molecule has 0 atom stereocenters. The molecule has 0 radical (unpaired) electrons. The largest absolute Gasteiger partial charge is 0.497 e. The number of amides is 1. The molecule has 0 unspecified atom stereocenters. The number of hydrogen-bond donors (Lipinski definition) is 1. The van der Waals surface area contributed by atoms with E-state index in [-0.39, 0.29) is 11.4 Å². The normalized spacial score (nSPS) is 11.3. The molecular weight excluding hydrogens is 408 g/mol. The summed E-state index contributed by atoms with van der Waals surface area (Å²) < 4.78 is 65.5. The fourth-order valence-corrected chi connectivity index (χ4v) is 2.21. The lowest BCUT2D eigenvalue weighted by molar-refractivity contribution is -0.148. The van der Waals surface area contributed by atoms with Gasteiger partial charge in [-0.25, -0.2) is 13.8 Å². The Bertz CT molecular complexity index is 832. The zero-order valence-electron chi connectivity index (χ0n) is 16.5. The van der Waals surface area contributed by atoms with Crippen molar-refractivity contribution in [2.24, 2.45) is 0 Å². The second kappa shape index (κ2) is 10.7. The fraction of sp³-hybridized carbons (Fsp3) is 0.400. The third-order valence-corrected chi connectivity index (χ3v) is 3.92. The number of alkyl halides is 4. The van der Waals surface area contributed by atoms with Crippen LogP contribution in [0.1, 0.15) is 30.1 Å². The number of unbranched alkanes of at least 4 members (excludes halogenated alkanes) is 1. The highest BCUT2D eigenvalue weighted by Crippen LogP contribution is 2.30. The van der Waals surface area contributed by atoms with Crippen molar-refractivity contribution in [3.05, 3.63) is 42.1 Å². The van der Waals surface area contributed by atoms with Gasteiger partial charge in [0.1, 0.15) is 11.5 Å². The first-order valence-corrected chi connectivity index (χ1v) is 9.14. The lowest BCUT2D eigenvalue weighted by atomic mass is 10.2. The minimum atomic E-state index is -4.29. The standard InChI is InChI=1S/C20H22F4N2O4/c1-3-4-9-29-16-7-6-14(28-2)10-15(16)26-18(27)13-5-8-17(25-11-13)30-12-20(23,24)19(21)22/h5-8,10-11,19H,3-4,9,12H2,1-2H3,(H,26,27). The van der Waals surface area contributed by atoms with Crippen LogP contribution in [-0.2, 0) is 0 Å². The molecule has 1 amide bonds. The van der Waals surface area contributed by atoms with Gasteiger partial charge in [0.15, 0.2) is 6.61 Å². The first kappa shape index (κ1) is 23.2. The molecule has 0 spiro atoms. The summed E-state index contributed by atoms with van der Waals surface area (Å²) in [5.74, 6) is -4.18. The van der Waals surface area contributed by atoms with E-state index in [2.05, 4.69) is 15.0 Å². The van der Waals surface area contributed by atoms with Crippen LogP contribution in [0.2, 0.25) is 0 Å². The van der Waals surface area contributed by atoms with Crippen LogP contribution in [-0.4, -0.2) is 43.6 Å². The summed E-state index contributed by atoms with van der Waals surface area (Å²) in [6.45, 7) is 0.975. The lowest BCUT2D eigenvalue weighted by Crippen LogP contribution is -2.33. The number of halogens is 4. The molecule has 0 bridgehead atoms. The molecule has 2 aromatic rings. The molecule has 164 valence electrons. The summed E-state index contributed by atoms with van der Waals surface area (Å²) in [7, 11) is 1.48. The van der Waals surface area contributed by atoms with Gasteiger partial charge >= 0.3 is 12.3 Å². The molecule has 6 nitrogen and oxygen atoms in total. The molecule has 1 N–H and O–H groups in total. The lowest BCUT2D eigenvalue weighted by Gasteiger charge is -2.15. The van der Waals surface area contributed by atoms with Gasteiger partial charge in [0.25, 0.3) is 5.91 Å². The van der Waals surface area contributed by atoms with Crippen molar-refractivity contribution in [3.63, 3.8) is 0 Å². The van der Waals surface area contributed by atoms with Crippen LogP contribution in [0, 0.1) is 0 Å². The van der Waals surface area contributed by atoms with Crippen molar-refractivity contribution in [3.8, 4) is 17.4 Å². The van der Waals surface area contributed by atoms with E-state index in [1.54, 1.807) is 18.2 Å². The number of carbonyl (C=O) groups is 1. The molecule has 30 heavy (non-hydrogen) atoms. The SMILES string of the molecule is CCCCOc1ccc(OC)cc1NC(=O)c1ccc(OCC(F)(F)C(F)F)nc1. The zero-order valence-corrected chi connectivity index (χ0v) is 16.5. The highest BCUT2D eigenvalue weighted by Gasteiger charge is 2.41. The minimum Gasteiger partial charge on any atom is -0.497 e. The van der Waals surface area contributed by atoms with Crippen molar-refractivity contribution >= 4 is 11.6 Å². The van der Waals surface area contributed by atoms with E-state index in [1.165, 1.54) is 13.2 Å². The maximum Gasteiger partial charge on any atom is 0.340 e. The number of rotatable bonds is 11. The Labute approximate surface area is 171 Å². The van der Waals surface area contributed by atoms with Gasteiger partial charge in [0.05, 0.1) is 25.0 Å². The maximum atomic E-state index is 12.9. The number of ether oxygens (including phenoxy) is 3. The fourth-order valence-electron chi connectivity index (χ4n) is 2.21. The van der Waals surface area contributed by atoms with Gasteiger partial charge in [-0.05, 0) is 24.6 Å². The smallest absolute Gasteiger partial charge is 0.340 e. The van der Waals surface area contributed by atoms with E-state index < -0.39 is 24.9 Å². The van der Waals surface area contributed by atoms with Crippen LogP contribution in [0.25, 0.3) is 0 Å². The molecule has 0 saturated heterocycles. The van der Waals surface area contributed by atoms with Gasteiger partial charge in [-0.15, -0.1) is 0 Å². The van der Waals surface area contributed by atoms with E-state index in [0.29, 0.717) is 23.8 Å². The quantitative estimate of drug-likeness (QED) is 0.410. The van der Waals surface area contributed by atoms with Gasteiger partial charge in [0, 0.05) is 18.3 Å². The van der Waals surface area contributed by atoms with Gasteiger partial charge < -0.3 is 19.5 Å². The molecule has 1 heterocycles. The van der Waals surface area contributed by atoms with Crippen LogP contribution in [0.3, 0.4) is 0 Å². The molecular formula is C20H22F4N2O4. The van der Waals surface area contributed by atoms with E-state index in [4.69, 9.17) is 9.47 Å². The van der Waals surface area contributed by atoms with Crippen LogP contribution < -0.4 is 19.5 Å². The van der Waals surface area contributed by atoms with Gasteiger partial charge in [0.2, 0.25) is 5.88 Å². The van der Waals surface area contributed by atoms with Crippen molar-refractivity contribution in [1.29, 1.82) is 0 Å². The average Bonchev–Trinajstić information content (AvgIpc) is 2.73. The summed E-state index contributed by atoms with van der Waals surface area (Å²) in [6.07, 6.45) is -0.973. The summed E-state index contributed by atoms with van der Waals surface area (Å²) >= 11 is 0.